The van der Waals surface area contributed by atoms with Crippen molar-refractivity contribution in [1.29, 1.82) is 0 Å². The summed E-state index contributed by atoms with van der Waals surface area (Å²) in [5, 5.41) is 3.06. The van der Waals surface area contributed by atoms with Crippen molar-refractivity contribution in [3.63, 3.8) is 0 Å². The molecule has 0 saturated carbocycles. The second-order valence-corrected chi connectivity index (χ2v) is 8.29. The fourth-order valence-corrected chi connectivity index (χ4v) is 4.27. The van der Waals surface area contributed by atoms with Crippen molar-refractivity contribution in [1.82, 2.24) is 10.2 Å². The number of nitrogens with one attached hydrogen (secondary N) is 1. The summed E-state index contributed by atoms with van der Waals surface area (Å²) in [6, 6.07) is 25.4. The van der Waals surface area contributed by atoms with Gasteiger partial charge >= 0.3 is 0 Å². The van der Waals surface area contributed by atoms with Crippen LogP contribution in [0.15, 0.2) is 78.9 Å². The fraction of sp³-hybridized carbons (Fsp3) is 0.286. The first-order valence-electron chi connectivity index (χ1n) is 11.6. The van der Waals surface area contributed by atoms with Crippen LogP contribution in [0.25, 0.3) is 11.1 Å². The molecule has 4 rings (SSSR count). The van der Waals surface area contributed by atoms with E-state index in [1.54, 1.807) is 12.1 Å². The highest BCUT2D eigenvalue weighted by Crippen LogP contribution is 2.21. The van der Waals surface area contributed by atoms with Crippen LogP contribution in [0.5, 0.6) is 5.75 Å². The zero-order chi connectivity index (χ0) is 23.0. The maximum Gasteiger partial charge on any atom is 0.237 e. The molecule has 0 radical (unpaired) electrons. The Kier molecular flexibility index (Phi) is 7.53. The molecule has 0 aliphatic carbocycles. The molecule has 1 amide bonds. The molecule has 5 heteroatoms. The summed E-state index contributed by atoms with van der Waals surface area (Å²) in [7, 11) is 0. The summed E-state index contributed by atoms with van der Waals surface area (Å²) in [6.07, 6.45) is 1.68. The molecule has 0 bridgehead atoms. The SMILES string of the molecule is CCOc1cccc(C(=O)CN2CCCC2C(=O)NCc2ccc(-c3ccccc3)cc2)c1. The van der Waals surface area contributed by atoms with Gasteiger partial charge in [0.25, 0.3) is 0 Å². The van der Waals surface area contributed by atoms with E-state index in [9.17, 15) is 9.59 Å². The first kappa shape index (κ1) is 22.7. The van der Waals surface area contributed by atoms with Gasteiger partial charge in [0.05, 0.1) is 19.2 Å². The number of carbonyl (C=O) groups is 2. The molecular formula is C28H30N2O3. The molecule has 1 aliphatic heterocycles. The molecule has 0 spiro atoms. The highest BCUT2D eigenvalue weighted by molar-refractivity contribution is 5.98. The van der Waals surface area contributed by atoms with Crippen molar-refractivity contribution in [3.05, 3.63) is 90.0 Å². The van der Waals surface area contributed by atoms with E-state index in [2.05, 4.69) is 29.6 Å². The molecule has 1 fully saturated rings. The second kappa shape index (κ2) is 10.9. The van der Waals surface area contributed by atoms with E-state index in [1.165, 1.54) is 5.56 Å². The Hall–Kier alpha value is -3.44. The molecule has 3 aromatic carbocycles. The maximum atomic E-state index is 12.9. The number of ether oxygens (including phenoxy) is 1. The molecule has 1 atom stereocenters. The van der Waals surface area contributed by atoms with E-state index >= 15 is 0 Å². The molecule has 1 aliphatic rings. The summed E-state index contributed by atoms with van der Waals surface area (Å²) in [5.41, 5.74) is 3.99. The van der Waals surface area contributed by atoms with Crippen LogP contribution in [0.3, 0.4) is 0 Å². The first-order chi connectivity index (χ1) is 16.1. The number of hydrogen-bond donors (Lipinski definition) is 1. The third-order valence-corrected chi connectivity index (χ3v) is 6.01. The third kappa shape index (κ3) is 5.88. The van der Waals surface area contributed by atoms with Crippen LogP contribution in [-0.2, 0) is 11.3 Å². The zero-order valence-electron chi connectivity index (χ0n) is 19.0. The lowest BCUT2D eigenvalue weighted by atomic mass is 10.0. The van der Waals surface area contributed by atoms with Crippen molar-refractivity contribution >= 4 is 11.7 Å². The summed E-state index contributed by atoms with van der Waals surface area (Å²) < 4.78 is 5.50. The highest BCUT2D eigenvalue weighted by atomic mass is 16.5. The fourth-order valence-electron chi connectivity index (χ4n) is 4.27. The molecule has 1 N–H and O–H groups in total. The van der Waals surface area contributed by atoms with Gasteiger partial charge in [-0.05, 0) is 55.1 Å². The monoisotopic (exact) mass is 442 g/mol. The lowest BCUT2D eigenvalue weighted by Gasteiger charge is -2.23. The minimum atomic E-state index is -0.271. The molecule has 1 saturated heterocycles. The lowest BCUT2D eigenvalue weighted by molar-refractivity contribution is -0.125. The molecule has 170 valence electrons. The van der Waals surface area contributed by atoms with Gasteiger partial charge in [-0.1, -0.05) is 66.7 Å². The van der Waals surface area contributed by atoms with Gasteiger partial charge in [-0.25, -0.2) is 0 Å². The normalized spacial score (nSPS) is 15.8. The molecular weight excluding hydrogens is 412 g/mol. The number of carbonyl (C=O) groups excluding carboxylic acids is 2. The number of nitrogens with zero attached hydrogens (tertiary/aromatic N) is 1. The molecule has 3 aromatic rings. The minimum Gasteiger partial charge on any atom is -0.494 e. The van der Waals surface area contributed by atoms with Crippen LogP contribution >= 0.6 is 0 Å². The summed E-state index contributed by atoms with van der Waals surface area (Å²) in [5.74, 6) is 0.681. The van der Waals surface area contributed by atoms with E-state index in [-0.39, 0.29) is 24.3 Å². The van der Waals surface area contributed by atoms with Gasteiger partial charge in [0.15, 0.2) is 5.78 Å². The summed E-state index contributed by atoms with van der Waals surface area (Å²) in [6.45, 7) is 3.93. The first-order valence-corrected chi connectivity index (χ1v) is 11.6. The number of Topliss-reactive ketones (excluding diaryl/α,β-unsaturated/α-hetero) is 1. The molecule has 5 nitrogen and oxygen atoms in total. The van der Waals surface area contributed by atoms with Crippen LogP contribution in [0.2, 0.25) is 0 Å². The number of likely N-dealkylation sites (tertiary alicyclic amines) is 1. The van der Waals surface area contributed by atoms with E-state index < -0.39 is 0 Å². The smallest absolute Gasteiger partial charge is 0.237 e. The van der Waals surface area contributed by atoms with Crippen molar-refractivity contribution < 1.29 is 14.3 Å². The summed E-state index contributed by atoms with van der Waals surface area (Å²) >= 11 is 0. The van der Waals surface area contributed by atoms with Gasteiger partial charge in [0.2, 0.25) is 5.91 Å². The second-order valence-electron chi connectivity index (χ2n) is 8.29. The number of amides is 1. The Morgan fingerprint density at radius 3 is 2.48 bits per heavy atom. The zero-order valence-corrected chi connectivity index (χ0v) is 19.0. The largest absolute Gasteiger partial charge is 0.494 e. The van der Waals surface area contributed by atoms with Crippen LogP contribution in [0.1, 0.15) is 35.7 Å². The number of rotatable bonds is 9. The number of hydrogen-bond acceptors (Lipinski definition) is 4. The van der Waals surface area contributed by atoms with Gasteiger partial charge in [-0.15, -0.1) is 0 Å². The Bertz CT molecular complexity index is 1080. The van der Waals surface area contributed by atoms with Crippen LogP contribution in [-0.4, -0.2) is 42.3 Å². The van der Waals surface area contributed by atoms with E-state index in [0.29, 0.717) is 24.5 Å². The van der Waals surface area contributed by atoms with Gasteiger partial charge in [0, 0.05) is 12.1 Å². The van der Waals surface area contributed by atoms with Crippen LogP contribution < -0.4 is 10.1 Å². The Morgan fingerprint density at radius 1 is 0.970 bits per heavy atom. The quantitative estimate of drug-likeness (QED) is 0.488. The van der Waals surface area contributed by atoms with Gasteiger partial charge in [0.1, 0.15) is 5.75 Å². The minimum absolute atomic E-state index is 0.00718. The molecule has 1 unspecified atom stereocenters. The van der Waals surface area contributed by atoms with E-state index in [1.807, 2.05) is 54.3 Å². The predicted octanol–water partition coefficient (Wildman–Crippen LogP) is 4.72. The standard InChI is InChI=1S/C28H30N2O3/c1-2-33-25-11-6-10-24(18-25)27(31)20-30-17-7-12-26(30)28(32)29-19-21-13-15-23(16-14-21)22-8-4-3-5-9-22/h3-6,8-11,13-16,18,26H,2,7,12,17,19-20H2,1H3,(H,29,32). The highest BCUT2D eigenvalue weighted by Gasteiger charge is 2.31. The Balaban J connectivity index is 1.32. The number of benzene rings is 3. The topological polar surface area (TPSA) is 58.6 Å². The molecule has 1 heterocycles. The van der Waals surface area contributed by atoms with Crippen LogP contribution in [0, 0.1) is 0 Å². The van der Waals surface area contributed by atoms with Crippen molar-refractivity contribution in [2.75, 3.05) is 19.7 Å². The maximum absolute atomic E-state index is 12.9. The number of ketones is 1. The van der Waals surface area contributed by atoms with Crippen molar-refractivity contribution in [2.45, 2.75) is 32.4 Å². The Morgan fingerprint density at radius 2 is 1.73 bits per heavy atom. The third-order valence-electron chi connectivity index (χ3n) is 6.01. The van der Waals surface area contributed by atoms with Crippen molar-refractivity contribution in [3.8, 4) is 16.9 Å². The Labute approximate surface area is 195 Å². The average Bonchev–Trinajstić information content (AvgIpc) is 3.32. The van der Waals surface area contributed by atoms with Crippen LogP contribution in [0.4, 0.5) is 0 Å². The average molecular weight is 443 g/mol. The summed E-state index contributed by atoms with van der Waals surface area (Å²) in [4.78, 5) is 27.7. The van der Waals surface area contributed by atoms with Gasteiger partial charge in [-0.2, -0.15) is 0 Å². The lowest BCUT2D eigenvalue weighted by Crippen LogP contribution is -2.44. The van der Waals surface area contributed by atoms with Gasteiger partial charge in [-0.3, -0.25) is 14.5 Å². The van der Waals surface area contributed by atoms with E-state index in [0.717, 1.165) is 30.5 Å². The van der Waals surface area contributed by atoms with Gasteiger partial charge < -0.3 is 10.1 Å². The van der Waals surface area contributed by atoms with E-state index in [4.69, 9.17) is 4.74 Å². The molecule has 0 aromatic heterocycles. The van der Waals surface area contributed by atoms with Crippen molar-refractivity contribution in [2.24, 2.45) is 0 Å². The predicted molar refractivity (Wildman–Crippen MR) is 130 cm³/mol. The molecule has 33 heavy (non-hydrogen) atoms.